The summed E-state index contributed by atoms with van der Waals surface area (Å²) in [5.41, 5.74) is 8.48. The number of carbonyl (C=O) groups is 1. The summed E-state index contributed by atoms with van der Waals surface area (Å²) in [6.45, 7) is 0.108. The van der Waals surface area contributed by atoms with Gasteiger partial charge in [0.15, 0.2) is 0 Å². The smallest absolute Gasteiger partial charge is 0.338 e. The van der Waals surface area contributed by atoms with Gasteiger partial charge < -0.3 is 25.7 Å². The number of anilines is 1. The standard InChI is InChI=1S/C25H24N4O6S/c26-12-21(24(30)28-23-11-20-9-10-27-13-22(20)36-23)18-5-1-16(2-6-18)14-34-25(31)19-7-3-17(4-8-19)15-35-29(32)33/h1-11,13,21,24,28,30H,12,14-15,26H2/t21-,24+/m1/s1. The van der Waals surface area contributed by atoms with Crippen molar-refractivity contribution in [1.82, 2.24) is 4.98 Å². The van der Waals surface area contributed by atoms with Gasteiger partial charge in [-0.2, -0.15) is 0 Å². The Labute approximate surface area is 210 Å². The summed E-state index contributed by atoms with van der Waals surface area (Å²) in [5.74, 6) is -0.860. The van der Waals surface area contributed by atoms with Crippen molar-refractivity contribution in [3.05, 3.63) is 105 Å². The number of fused-ring (bicyclic) bond motifs is 1. The molecule has 0 saturated carbocycles. The van der Waals surface area contributed by atoms with Crippen LogP contribution >= 0.6 is 11.3 Å². The second kappa shape index (κ2) is 11.6. The number of aliphatic hydroxyl groups excluding tert-OH is 1. The average Bonchev–Trinajstić information content (AvgIpc) is 3.29. The Morgan fingerprint density at radius 3 is 2.47 bits per heavy atom. The van der Waals surface area contributed by atoms with Crippen LogP contribution in [0.5, 0.6) is 0 Å². The van der Waals surface area contributed by atoms with Gasteiger partial charge in [-0.3, -0.25) is 4.98 Å². The van der Waals surface area contributed by atoms with Crippen LogP contribution in [-0.2, 0) is 22.8 Å². The van der Waals surface area contributed by atoms with Crippen molar-refractivity contribution < 1.29 is 24.6 Å². The summed E-state index contributed by atoms with van der Waals surface area (Å²) in [7, 11) is 0. The first-order valence-electron chi connectivity index (χ1n) is 11.0. The zero-order chi connectivity index (χ0) is 25.5. The van der Waals surface area contributed by atoms with Gasteiger partial charge in [-0.05, 0) is 46.3 Å². The van der Waals surface area contributed by atoms with Gasteiger partial charge in [0.1, 0.15) is 19.4 Å². The fourth-order valence-corrected chi connectivity index (χ4v) is 4.57. The van der Waals surface area contributed by atoms with E-state index in [0.29, 0.717) is 11.1 Å². The number of carbonyl (C=O) groups excluding carboxylic acids is 1. The molecule has 4 N–H and O–H groups in total. The van der Waals surface area contributed by atoms with Gasteiger partial charge in [0, 0.05) is 24.9 Å². The molecule has 0 radical (unpaired) electrons. The monoisotopic (exact) mass is 508 g/mol. The van der Waals surface area contributed by atoms with E-state index in [-0.39, 0.29) is 25.7 Å². The number of nitrogens with two attached hydrogens (primary N) is 1. The summed E-state index contributed by atoms with van der Waals surface area (Å²) in [4.78, 5) is 31.0. The molecular formula is C25H24N4O6S. The molecule has 2 aromatic carbocycles. The second-order valence-electron chi connectivity index (χ2n) is 7.97. The molecule has 0 bridgehead atoms. The van der Waals surface area contributed by atoms with E-state index in [1.807, 2.05) is 36.4 Å². The first-order valence-corrected chi connectivity index (χ1v) is 11.8. The molecule has 4 aromatic rings. The lowest BCUT2D eigenvalue weighted by Crippen LogP contribution is -2.32. The Kier molecular flexibility index (Phi) is 8.06. The first-order chi connectivity index (χ1) is 17.4. The Hall–Kier alpha value is -4.06. The first kappa shape index (κ1) is 25.0. The van der Waals surface area contributed by atoms with Crippen molar-refractivity contribution in [2.24, 2.45) is 5.73 Å². The highest BCUT2D eigenvalue weighted by Crippen LogP contribution is 2.31. The highest BCUT2D eigenvalue weighted by molar-refractivity contribution is 7.22. The van der Waals surface area contributed by atoms with Crippen LogP contribution in [-0.4, -0.2) is 33.9 Å². The molecule has 4 rings (SSSR count). The molecule has 0 aliphatic carbocycles. The van der Waals surface area contributed by atoms with E-state index in [4.69, 9.17) is 10.5 Å². The fraction of sp³-hybridized carbons (Fsp3) is 0.200. The SMILES string of the molecule is NC[C@H](c1ccc(COC(=O)c2ccc(CO[N+](=O)[O-])cc2)cc1)[C@H](O)Nc1cc2ccncc2s1. The van der Waals surface area contributed by atoms with E-state index in [2.05, 4.69) is 15.1 Å². The van der Waals surface area contributed by atoms with E-state index in [1.165, 1.54) is 23.5 Å². The van der Waals surface area contributed by atoms with Crippen molar-refractivity contribution in [2.75, 3.05) is 11.9 Å². The molecule has 36 heavy (non-hydrogen) atoms. The third-order valence-corrected chi connectivity index (χ3v) is 6.57. The van der Waals surface area contributed by atoms with Gasteiger partial charge in [0.25, 0.3) is 5.09 Å². The number of aliphatic hydroxyl groups is 1. The number of benzene rings is 2. The fourth-order valence-electron chi connectivity index (χ4n) is 3.61. The number of nitrogens with zero attached hydrogens (tertiary/aromatic N) is 2. The Morgan fingerprint density at radius 2 is 1.81 bits per heavy atom. The van der Waals surface area contributed by atoms with Gasteiger partial charge in [-0.25, -0.2) is 4.79 Å². The quantitative estimate of drug-likeness (QED) is 0.119. The molecule has 0 aliphatic heterocycles. The molecule has 186 valence electrons. The lowest BCUT2D eigenvalue weighted by molar-refractivity contribution is -0.763. The number of thiophene rings is 1. The maximum absolute atomic E-state index is 12.3. The van der Waals surface area contributed by atoms with E-state index in [1.54, 1.807) is 24.5 Å². The Morgan fingerprint density at radius 1 is 1.11 bits per heavy atom. The van der Waals surface area contributed by atoms with Crippen LogP contribution in [0.1, 0.15) is 33.0 Å². The topological polar surface area (TPSA) is 150 Å². The van der Waals surface area contributed by atoms with Crippen LogP contribution in [0.25, 0.3) is 10.1 Å². The van der Waals surface area contributed by atoms with Crippen LogP contribution in [0, 0.1) is 10.1 Å². The maximum Gasteiger partial charge on any atom is 0.338 e. The third-order valence-electron chi connectivity index (χ3n) is 5.55. The Balaban J connectivity index is 1.32. The normalized spacial score (nSPS) is 12.6. The predicted molar refractivity (Wildman–Crippen MR) is 135 cm³/mol. The summed E-state index contributed by atoms with van der Waals surface area (Å²) < 4.78 is 6.39. The number of ether oxygens (including phenoxy) is 1. The van der Waals surface area contributed by atoms with E-state index >= 15 is 0 Å². The second-order valence-corrected chi connectivity index (χ2v) is 9.05. The molecule has 2 heterocycles. The van der Waals surface area contributed by atoms with Gasteiger partial charge >= 0.3 is 5.97 Å². The van der Waals surface area contributed by atoms with Crippen molar-refractivity contribution in [2.45, 2.75) is 25.4 Å². The minimum Gasteiger partial charge on any atom is -0.457 e. The van der Waals surface area contributed by atoms with Crippen molar-refractivity contribution in [3.63, 3.8) is 0 Å². The minimum absolute atomic E-state index is 0.0647. The van der Waals surface area contributed by atoms with Crippen molar-refractivity contribution in [1.29, 1.82) is 0 Å². The highest BCUT2D eigenvalue weighted by atomic mass is 32.1. The van der Waals surface area contributed by atoms with Crippen LogP contribution in [0.15, 0.2) is 73.1 Å². The van der Waals surface area contributed by atoms with Crippen LogP contribution in [0.3, 0.4) is 0 Å². The molecule has 0 spiro atoms. The van der Waals surface area contributed by atoms with E-state index in [0.717, 1.165) is 26.2 Å². The molecule has 2 atom stereocenters. The van der Waals surface area contributed by atoms with Crippen molar-refractivity contribution >= 4 is 32.4 Å². The molecular weight excluding hydrogens is 484 g/mol. The molecule has 10 nitrogen and oxygen atoms in total. The van der Waals surface area contributed by atoms with Gasteiger partial charge in [-0.15, -0.1) is 21.5 Å². The summed E-state index contributed by atoms with van der Waals surface area (Å²) in [6, 6.07) is 17.4. The predicted octanol–water partition coefficient (Wildman–Crippen LogP) is 3.83. The van der Waals surface area contributed by atoms with Gasteiger partial charge in [-0.1, -0.05) is 36.4 Å². The number of aromatic nitrogens is 1. The number of hydrogen-bond donors (Lipinski definition) is 3. The van der Waals surface area contributed by atoms with E-state index in [9.17, 15) is 20.0 Å². The summed E-state index contributed by atoms with van der Waals surface area (Å²) >= 11 is 1.51. The minimum atomic E-state index is -0.890. The largest absolute Gasteiger partial charge is 0.457 e. The molecule has 2 aromatic heterocycles. The Bertz CT molecular complexity index is 1290. The molecule has 11 heteroatoms. The lowest BCUT2D eigenvalue weighted by atomic mass is 9.96. The highest BCUT2D eigenvalue weighted by Gasteiger charge is 2.20. The average molecular weight is 509 g/mol. The molecule has 0 fully saturated rings. The number of pyridine rings is 1. The third kappa shape index (κ3) is 6.33. The van der Waals surface area contributed by atoms with Crippen LogP contribution in [0.2, 0.25) is 0 Å². The number of rotatable bonds is 11. The van der Waals surface area contributed by atoms with E-state index < -0.39 is 17.3 Å². The number of esters is 1. The molecule has 0 aliphatic rings. The zero-order valence-corrected chi connectivity index (χ0v) is 19.9. The lowest BCUT2D eigenvalue weighted by Gasteiger charge is -2.23. The number of nitrogens with one attached hydrogen (secondary N) is 1. The summed E-state index contributed by atoms with van der Waals surface area (Å²) in [6.07, 6.45) is 2.62. The number of hydrogen-bond acceptors (Lipinski definition) is 10. The molecule has 0 amide bonds. The van der Waals surface area contributed by atoms with Crippen LogP contribution < -0.4 is 11.1 Å². The molecule has 0 unspecified atom stereocenters. The zero-order valence-electron chi connectivity index (χ0n) is 19.1. The van der Waals surface area contributed by atoms with Crippen molar-refractivity contribution in [3.8, 4) is 0 Å². The van der Waals surface area contributed by atoms with Crippen LogP contribution in [0.4, 0.5) is 5.00 Å². The molecule has 0 saturated heterocycles. The van der Waals surface area contributed by atoms with Gasteiger partial charge in [0.05, 0.1) is 15.3 Å². The summed E-state index contributed by atoms with van der Waals surface area (Å²) in [5, 5.41) is 25.2. The van der Waals surface area contributed by atoms with Gasteiger partial charge in [0.2, 0.25) is 0 Å². The maximum atomic E-state index is 12.3.